The zero-order valence-electron chi connectivity index (χ0n) is 12.7. The van der Waals surface area contributed by atoms with Crippen molar-refractivity contribution in [2.45, 2.75) is 11.7 Å². The molecular formula is C17H14ClN3OS2. The Bertz CT molecular complexity index is 858. The van der Waals surface area contributed by atoms with Gasteiger partial charge in [0.2, 0.25) is 0 Å². The van der Waals surface area contributed by atoms with Gasteiger partial charge in [0, 0.05) is 12.1 Å². The van der Waals surface area contributed by atoms with Crippen molar-refractivity contribution in [3.63, 3.8) is 0 Å². The Morgan fingerprint density at radius 2 is 2.04 bits per heavy atom. The highest BCUT2D eigenvalue weighted by Crippen LogP contribution is 2.27. The molecule has 0 radical (unpaired) electrons. The number of ketones is 1. The minimum absolute atomic E-state index is 0.0336. The Labute approximate surface area is 153 Å². The summed E-state index contributed by atoms with van der Waals surface area (Å²) in [7, 11) is 0. The van der Waals surface area contributed by atoms with Crippen LogP contribution in [0.4, 0.5) is 0 Å². The van der Waals surface area contributed by atoms with E-state index in [0.29, 0.717) is 26.7 Å². The van der Waals surface area contributed by atoms with E-state index in [1.54, 1.807) is 18.2 Å². The molecule has 4 nitrogen and oxygen atoms in total. The average molecular weight is 376 g/mol. The number of carbonyl (C=O) groups excluding carboxylic acids is 1. The molecular weight excluding hydrogens is 362 g/mol. The Morgan fingerprint density at radius 1 is 1.25 bits per heavy atom. The summed E-state index contributed by atoms with van der Waals surface area (Å²) in [4.78, 5) is 12.9. The van der Waals surface area contributed by atoms with Crippen LogP contribution in [0, 0.1) is 0 Å². The predicted molar refractivity (Wildman–Crippen MR) is 100 cm³/mol. The first-order chi connectivity index (χ1) is 11.7. The van der Waals surface area contributed by atoms with E-state index in [1.165, 1.54) is 23.1 Å². The number of thioether (sulfide) groups is 1. The van der Waals surface area contributed by atoms with Crippen LogP contribution in [-0.4, -0.2) is 26.3 Å². The lowest BCUT2D eigenvalue weighted by molar-refractivity contribution is 0.102. The van der Waals surface area contributed by atoms with Crippen molar-refractivity contribution in [1.29, 1.82) is 0 Å². The molecule has 0 atom stereocenters. The number of thiophene rings is 1. The molecule has 7 heteroatoms. The van der Waals surface area contributed by atoms with Gasteiger partial charge in [-0.05, 0) is 12.1 Å². The second-order valence-corrected chi connectivity index (χ2v) is 7.54. The zero-order valence-corrected chi connectivity index (χ0v) is 15.1. The van der Waals surface area contributed by atoms with Crippen LogP contribution in [-0.2, 0) is 6.54 Å². The molecule has 1 aromatic carbocycles. The Balaban J connectivity index is 1.79. The van der Waals surface area contributed by atoms with Crippen LogP contribution in [0.1, 0.15) is 9.67 Å². The maximum Gasteiger partial charge on any atom is 0.192 e. The van der Waals surface area contributed by atoms with Crippen LogP contribution < -0.4 is 0 Å². The molecule has 0 N–H and O–H groups in total. The third kappa shape index (κ3) is 3.77. The molecule has 0 aliphatic rings. The Hall–Kier alpha value is -1.89. The molecule has 0 unspecified atom stereocenters. The molecule has 0 saturated heterocycles. The van der Waals surface area contributed by atoms with Crippen molar-refractivity contribution in [3.8, 4) is 11.4 Å². The summed E-state index contributed by atoms with van der Waals surface area (Å²) in [6.45, 7) is 4.37. The number of nitrogens with zero attached hydrogens (tertiary/aromatic N) is 3. The molecule has 122 valence electrons. The predicted octanol–water partition coefficient (Wildman–Crippen LogP) is 4.82. The smallest absolute Gasteiger partial charge is 0.192 e. The molecule has 0 spiro atoms. The van der Waals surface area contributed by atoms with E-state index in [9.17, 15) is 4.79 Å². The van der Waals surface area contributed by atoms with Gasteiger partial charge in [-0.3, -0.25) is 9.36 Å². The first-order valence-electron chi connectivity index (χ1n) is 7.20. The lowest BCUT2D eigenvalue weighted by Gasteiger charge is -2.07. The number of rotatable bonds is 7. The van der Waals surface area contributed by atoms with E-state index in [2.05, 4.69) is 16.8 Å². The number of aromatic nitrogens is 3. The first kappa shape index (κ1) is 17.0. The number of hydrogen-bond acceptors (Lipinski definition) is 5. The minimum Gasteiger partial charge on any atom is -0.298 e. The van der Waals surface area contributed by atoms with Crippen molar-refractivity contribution < 1.29 is 4.79 Å². The quantitative estimate of drug-likeness (QED) is 0.337. The van der Waals surface area contributed by atoms with Gasteiger partial charge < -0.3 is 0 Å². The molecule has 24 heavy (non-hydrogen) atoms. The van der Waals surface area contributed by atoms with E-state index < -0.39 is 0 Å². The largest absolute Gasteiger partial charge is 0.298 e. The van der Waals surface area contributed by atoms with Gasteiger partial charge in [0.05, 0.1) is 15.0 Å². The van der Waals surface area contributed by atoms with Crippen LogP contribution in [0.25, 0.3) is 11.4 Å². The zero-order chi connectivity index (χ0) is 16.9. The number of Topliss-reactive ketones (excluding diaryl/α,β-unsaturated/α-hetero) is 1. The third-order valence-corrected chi connectivity index (χ3v) is 5.48. The molecule has 3 aromatic rings. The monoisotopic (exact) mass is 375 g/mol. The summed E-state index contributed by atoms with van der Waals surface area (Å²) in [5.41, 5.74) is 0.982. The van der Waals surface area contributed by atoms with Crippen LogP contribution in [0.5, 0.6) is 0 Å². The van der Waals surface area contributed by atoms with Gasteiger partial charge in [0.1, 0.15) is 0 Å². The second-order valence-electron chi connectivity index (χ2n) is 4.89. The van der Waals surface area contributed by atoms with Crippen LogP contribution in [0.3, 0.4) is 0 Å². The summed E-state index contributed by atoms with van der Waals surface area (Å²) in [5, 5.41) is 9.21. The first-order valence-corrected chi connectivity index (χ1v) is 9.38. The fourth-order valence-electron chi connectivity index (χ4n) is 2.16. The highest BCUT2D eigenvalue weighted by atomic mass is 35.5. The molecule has 3 rings (SSSR count). The van der Waals surface area contributed by atoms with Gasteiger partial charge in [-0.2, -0.15) is 0 Å². The summed E-state index contributed by atoms with van der Waals surface area (Å²) in [6, 6.07) is 13.3. The topological polar surface area (TPSA) is 47.8 Å². The second kappa shape index (κ2) is 7.79. The van der Waals surface area contributed by atoms with E-state index in [4.69, 9.17) is 11.6 Å². The molecule has 2 aromatic heterocycles. The van der Waals surface area contributed by atoms with Crippen LogP contribution in [0.2, 0.25) is 4.34 Å². The lowest BCUT2D eigenvalue weighted by atomic mass is 10.2. The standard InChI is InChI=1S/C17H14ClN3OS2/c1-2-10-21-16(12-6-4-3-5-7-12)19-20-17(21)23-11-13(22)14-8-9-15(18)24-14/h2-9H,1,10-11H2. The molecule has 2 heterocycles. The van der Waals surface area contributed by atoms with E-state index in [-0.39, 0.29) is 5.78 Å². The number of allylic oxidation sites excluding steroid dienone is 1. The van der Waals surface area contributed by atoms with Crippen molar-refractivity contribution in [2.24, 2.45) is 0 Å². The van der Waals surface area contributed by atoms with Crippen molar-refractivity contribution in [1.82, 2.24) is 14.8 Å². The maximum absolute atomic E-state index is 12.2. The summed E-state index contributed by atoms with van der Waals surface area (Å²) >= 11 is 8.54. The highest BCUT2D eigenvalue weighted by molar-refractivity contribution is 7.99. The number of benzene rings is 1. The van der Waals surface area contributed by atoms with Crippen molar-refractivity contribution >= 4 is 40.5 Å². The number of hydrogen-bond donors (Lipinski definition) is 0. The molecule has 0 amide bonds. The van der Waals surface area contributed by atoms with Gasteiger partial charge >= 0.3 is 0 Å². The fourth-order valence-corrected chi connectivity index (χ4v) is 4.06. The third-order valence-electron chi connectivity index (χ3n) is 3.24. The Morgan fingerprint density at radius 3 is 2.71 bits per heavy atom. The molecule has 0 fully saturated rings. The summed E-state index contributed by atoms with van der Waals surface area (Å²) < 4.78 is 2.58. The normalized spacial score (nSPS) is 10.7. The van der Waals surface area contributed by atoms with Crippen LogP contribution >= 0.6 is 34.7 Å². The fraction of sp³-hybridized carbons (Fsp3) is 0.118. The van der Waals surface area contributed by atoms with Gasteiger partial charge in [-0.1, -0.05) is 59.8 Å². The van der Waals surface area contributed by atoms with E-state index in [0.717, 1.165) is 11.4 Å². The number of halogens is 1. The summed E-state index contributed by atoms with van der Waals surface area (Å²) in [5.74, 6) is 1.09. The van der Waals surface area contributed by atoms with Crippen molar-refractivity contribution in [3.05, 3.63) is 64.3 Å². The Kier molecular flexibility index (Phi) is 5.50. The summed E-state index contributed by atoms with van der Waals surface area (Å²) in [6.07, 6.45) is 1.79. The maximum atomic E-state index is 12.2. The van der Waals surface area contributed by atoms with Gasteiger partial charge in [0.15, 0.2) is 16.8 Å². The average Bonchev–Trinajstić information content (AvgIpc) is 3.20. The molecule has 0 aliphatic carbocycles. The lowest BCUT2D eigenvalue weighted by Crippen LogP contribution is -2.04. The van der Waals surface area contributed by atoms with E-state index >= 15 is 0 Å². The molecule has 0 saturated carbocycles. The van der Waals surface area contributed by atoms with Gasteiger partial charge in [-0.25, -0.2) is 0 Å². The molecule has 0 aliphatic heterocycles. The number of carbonyl (C=O) groups is 1. The van der Waals surface area contributed by atoms with Gasteiger partial charge in [-0.15, -0.1) is 28.1 Å². The highest BCUT2D eigenvalue weighted by Gasteiger charge is 2.16. The molecule has 0 bridgehead atoms. The van der Waals surface area contributed by atoms with E-state index in [1.807, 2.05) is 34.9 Å². The van der Waals surface area contributed by atoms with Crippen LogP contribution in [0.15, 0.2) is 60.3 Å². The van der Waals surface area contributed by atoms with Crippen molar-refractivity contribution in [2.75, 3.05) is 5.75 Å². The SMILES string of the molecule is C=CCn1c(SCC(=O)c2ccc(Cl)s2)nnc1-c1ccccc1. The minimum atomic E-state index is 0.0336. The van der Waals surface area contributed by atoms with Gasteiger partial charge in [0.25, 0.3) is 0 Å².